The molecule has 0 spiro atoms. The maximum Gasteiger partial charge on any atom is 0.224 e. The van der Waals surface area contributed by atoms with Crippen molar-refractivity contribution in [1.82, 2.24) is 9.97 Å². The number of hydrogen-bond donors (Lipinski definition) is 2. The van der Waals surface area contributed by atoms with Crippen LogP contribution in [-0.4, -0.2) is 34.8 Å². The lowest BCUT2D eigenvalue weighted by molar-refractivity contribution is 0.0346. The molecule has 0 amide bonds. The van der Waals surface area contributed by atoms with Crippen molar-refractivity contribution < 1.29 is 4.74 Å². The molecule has 2 fully saturated rings. The van der Waals surface area contributed by atoms with E-state index >= 15 is 0 Å². The van der Waals surface area contributed by atoms with Gasteiger partial charge in [0.1, 0.15) is 17.5 Å². The summed E-state index contributed by atoms with van der Waals surface area (Å²) in [5.74, 6) is 1.29. The fourth-order valence-corrected chi connectivity index (χ4v) is 3.70. The molecule has 0 aliphatic heterocycles. The molecule has 2 saturated carbocycles. The number of hydrogen-bond acceptors (Lipinski definition) is 6. The molecule has 24 heavy (non-hydrogen) atoms. The summed E-state index contributed by atoms with van der Waals surface area (Å²) >= 11 is 0. The van der Waals surface area contributed by atoms with Crippen LogP contribution in [0.5, 0.6) is 0 Å². The molecule has 0 radical (unpaired) electrons. The van der Waals surface area contributed by atoms with Crippen molar-refractivity contribution in [2.75, 3.05) is 17.2 Å². The van der Waals surface area contributed by atoms with E-state index in [1.807, 2.05) is 6.92 Å². The van der Waals surface area contributed by atoms with E-state index in [1.165, 1.54) is 12.8 Å². The van der Waals surface area contributed by atoms with Gasteiger partial charge in [-0.2, -0.15) is 10.2 Å². The van der Waals surface area contributed by atoms with Gasteiger partial charge in [-0.25, -0.2) is 4.98 Å². The Balaban J connectivity index is 1.60. The molecule has 1 aromatic heterocycles. The summed E-state index contributed by atoms with van der Waals surface area (Å²) in [4.78, 5) is 8.89. The quantitative estimate of drug-likeness (QED) is 0.831. The number of nitrogens with zero attached hydrogens (tertiary/aromatic N) is 3. The number of nitrogens with one attached hydrogen (secondary N) is 2. The fraction of sp³-hybridized carbons (Fsp3) is 0.722. The highest BCUT2D eigenvalue weighted by molar-refractivity contribution is 5.54. The summed E-state index contributed by atoms with van der Waals surface area (Å²) < 4.78 is 5.70. The van der Waals surface area contributed by atoms with Crippen molar-refractivity contribution >= 4 is 11.8 Å². The summed E-state index contributed by atoms with van der Waals surface area (Å²) in [5.41, 5.74) is 0.521. The zero-order valence-corrected chi connectivity index (χ0v) is 14.4. The summed E-state index contributed by atoms with van der Waals surface area (Å²) in [6.07, 6.45) is 11.1. The second kappa shape index (κ2) is 8.29. The van der Waals surface area contributed by atoms with Crippen molar-refractivity contribution in [3.63, 3.8) is 0 Å². The van der Waals surface area contributed by atoms with E-state index in [4.69, 9.17) is 4.74 Å². The number of rotatable bonds is 6. The van der Waals surface area contributed by atoms with Gasteiger partial charge in [0, 0.05) is 18.7 Å². The van der Waals surface area contributed by atoms with Gasteiger partial charge >= 0.3 is 0 Å². The Morgan fingerprint density at radius 3 is 2.50 bits per heavy atom. The second-order valence-electron chi connectivity index (χ2n) is 6.77. The van der Waals surface area contributed by atoms with Crippen molar-refractivity contribution in [3.05, 3.63) is 11.8 Å². The number of anilines is 2. The predicted molar refractivity (Wildman–Crippen MR) is 93.9 cm³/mol. The van der Waals surface area contributed by atoms with Gasteiger partial charge in [-0.05, 0) is 45.4 Å². The van der Waals surface area contributed by atoms with Crippen molar-refractivity contribution in [2.24, 2.45) is 0 Å². The monoisotopic (exact) mass is 329 g/mol. The van der Waals surface area contributed by atoms with E-state index in [1.54, 1.807) is 6.20 Å². The summed E-state index contributed by atoms with van der Waals surface area (Å²) in [6.45, 7) is 2.84. The van der Waals surface area contributed by atoms with E-state index in [-0.39, 0.29) is 0 Å². The lowest BCUT2D eigenvalue weighted by Gasteiger charge is -2.29. The Morgan fingerprint density at radius 1 is 1.12 bits per heavy atom. The van der Waals surface area contributed by atoms with Gasteiger partial charge in [0.2, 0.25) is 5.95 Å². The van der Waals surface area contributed by atoms with Crippen molar-refractivity contribution in [3.8, 4) is 6.07 Å². The van der Waals surface area contributed by atoms with Crippen LogP contribution in [0.2, 0.25) is 0 Å². The third-order valence-corrected chi connectivity index (χ3v) is 5.02. The smallest absolute Gasteiger partial charge is 0.224 e. The van der Waals surface area contributed by atoms with Gasteiger partial charge < -0.3 is 15.4 Å². The van der Waals surface area contributed by atoms with Gasteiger partial charge in [0.05, 0.1) is 12.3 Å². The van der Waals surface area contributed by atoms with E-state index in [2.05, 4.69) is 26.7 Å². The highest BCUT2D eigenvalue weighted by Crippen LogP contribution is 2.25. The largest absolute Gasteiger partial charge is 0.379 e. The maximum absolute atomic E-state index is 9.28. The highest BCUT2D eigenvalue weighted by atomic mass is 16.5. The van der Waals surface area contributed by atoms with Crippen LogP contribution in [0.3, 0.4) is 0 Å². The molecule has 1 heterocycles. The molecule has 130 valence electrons. The van der Waals surface area contributed by atoms with Crippen LogP contribution >= 0.6 is 0 Å². The average Bonchev–Trinajstić information content (AvgIpc) is 3.10. The van der Waals surface area contributed by atoms with Gasteiger partial charge in [0.25, 0.3) is 0 Å². The number of nitriles is 1. The lowest BCUT2D eigenvalue weighted by atomic mass is 9.93. The third-order valence-electron chi connectivity index (χ3n) is 5.02. The van der Waals surface area contributed by atoms with E-state index in [0.717, 1.165) is 45.1 Å². The van der Waals surface area contributed by atoms with Gasteiger partial charge in [-0.3, -0.25) is 0 Å². The van der Waals surface area contributed by atoms with Crippen molar-refractivity contribution in [1.29, 1.82) is 5.26 Å². The molecule has 0 aromatic carbocycles. The van der Waals surface area contributed by atoms with E-state index in [9.17, 15) is 5.26 Å². The molecule has 0 atom stereocenters. The Kier molecular flexibility index (Phi) is 5.86. The van der Waals surface area contributed by atoms with Crippen LogP contribution < -0.4 is 10.6 Å². The molecule has 0 saturated heterocycles. The van der Waals surface area contributed by atoms with Gasteiger partial charge in [0.15, 0.2) is 0 Å². The van der Waals surface area contributed by atoms with Gasteiger partial charge in [-0.1, -0.05) is 12.8 Å². The van der Waals surface area contributed by atoms with Crippen LogP contribution in [0.1, 0.15) is 63.9 Å². The fourth-order valence-electron chi connectivity index (χ4n) is 3.70. The molecule has 2 aliphatic rings. The first kappa shape index (κ1) is 17.0. The summed E-state index contributed by atoms with van der Waals surface area (Å²) in [7, 11) is 0. The molecule has 2 N–H and O–H groups in total. The Morgan fingerprint density at radius 2 is 1.83 bits per heavy atom. The minimum atomic E-state index is 0.383. The molecule has 1 aromatic rings. The molecular formula is C18H27N5O. The molecular weight excluding hydrogens is 302 g/mol. The predicted octanol–water partition coefficient (Wildman–Crippen LogP) is 3.46. The molecule has 3 rings (SSSR count). The normalized spacial score (nSPS) is 24.5. The summed E-state index contributed by atoms with van der Waals surface area (Å²) in [6, 6.07) is 3.00. The zero-order chi connectivity index (χ0) is 16.8. The van der Waals surface area contributed by atoms with Crippen LogP contribution in [0, 0.1) is 11.3 Å². The molecule has 0 bridgehead atoms. The molecule has 6 nitrogen and oxygen atoms in total. The summed E-state index contributed by atoms with van der Waals surface area (Å²) in [5, 5.41) is 16.1. The second-order valence-corrected chi connectivity index (χ2v) is 6.77. The van der Waals surface area contributed by atoms with Crippen LogP contribution in [0.4, 0.5) is 11.8 Å². The number of ether oxygens (including phenoxy) is 1. The Labute approximate surface area is 144 Å². The minimum Gasteiger partial charge on any atom is -0.379 e. The van der Waals surface area contributed by atoms with E-state index in [0.29, 0.717) is 35.5 Å². The average molecular weight is 329 g/mol. The maximum atomic E-state index is 9.28. The first-order valence-corrected chi connectivity index (χ1v) is 9.20. The lowest BCUT2D eigenvalue weighted by Crippen LogP contribution is -2.30. The molecule has 6 heteroatoms. The Bertz CT molecular complexity index is 571. The highest BCUT2D eigenvalue weighted by Gasteiger charge is 2.22. The topological polar surface area (TPSA) is 82.9 Å². The molecule has 0 unspecified atom stereocenters. The van der Waals surface area contributed by atoms with Gasteiger partial charge in [-0.15, -0.1) is 0 Å². The SMILES string of the molecule is CCOC1CCC(Nc2ncc(C#N)c(NC3CCCC3)n2)CC1. The third kappa shape index (κ3) is 4.35. The zero-order valence-electron chi connectivity index (χ0n) is 14.4. The molecule has 2 aliphatic carbocycles. The first-order valence-electron chi connectivity index (χ1n) is 9.20. The number of aromatic nitrogens is 2. The van der Waals surface area contributed by atoms with Crippen LogP contribution in [0.25, 0.3) is 0 Å². The van der Waals surface area contributed by atoms with Crippen molar-refractivity contribution in [2.45, 2.75) is 76.5 Å². The minimum absolute atomic E-state index is 0.383. The first-order chi connectivity index (χ1) is 11.8. The van der Waals surface area contributed by atoms with E-state index < -0.39 is 0 Å². The standard InChI is InChI=1S/C18H27N5O/c1-2-24-16-9-7-15(8-10-16)22-18-20-12-13(11-19)17(23-18)21-14-5-3-4-6-14/h12,14-16H,2-10H2,1H3,(H2,20,21,22,23). The van der Waals surface area contributed by atoms with Crippen LogP contribution in [-0.2, 0) is 4.74 Å². The van der Waals surface area contributed by atoms with Crippen LogP contribution in [0.15, 0.2) is 6.20 Å². The Hall–Kier alpha value is -1.87.